The number of benzene rings is 2. The van der Waals surface area contributed by atoms with Crippen molar-refractivity contribution in [2.24, 2.45) is 5.73 Å². The Morgan fingerprint density at radius 2 is 1.94 bits per heavy atom. The molecule has 0 atom stereocenters. The number of hydrogen-bond donors (Lipinski definition) is 1. The van der Waals surface area contributed by atoms with Gasteiger partial charge in [0.25, 0.3) is 0 Å². The van der Waals surface area contributed by atoms with E-state index in [1.807, 2.05) is 24.3 Å². The number of aromatic nitrogens is 3. The Bertz CT molecular complexity index is 705. The Morgan fingerprint density at radius 3 is 2.78 bits per heavy atom. The van der Waals surface area contributed by atoms with E-state index in [0.29, 0.717) is 11.3 Å². The van der Waals surface area contributed by atoms with Crippen molar-refractivity contribution in [3.05, 3.63) is 53.8 Å². The average molecular weight is 242 g/mol. The Hall–Kier alpha value is -2.27. The normalized spacial score (nSPS) is 11.0. The molecule has 3 aromatic rings. The molecule has 5 heteroatoms. The zero-order valence-electron chi connectivity index (χ0n) is 9.55. The van der Waals surface area contributed by atoms with E-state index in [1.165, 1.54) is 10.7 Å². The Balaban J connectivity index is 2.33. The second-order valence-corrected chi connectivity index (χ2v) is 3.94. The van der Waals surface area contributed by atoms with Crippen molar-refractivity contribution in [1.82, 2.24) is 15.0 Å². The zero-order chi connectivity index (χ0) is 12.5. The minimum Gasteiger partial charge on any atom is -0.326 e. The predicted octanol–water partition coefficient (Wildman–Crippen LogP) is 2.02. The molecule has 0 aliphatic heterocycles. The first-order valence-corrected chi connectivity index (χ1v) is 5.59. The van der Waals surface area contributed by atoms with E-state index < -0.39 is 0 Å². The van der Waals surface area contributed by atoms with Gasteiger partial charge in [0.2, 0.25) is 0 Å². The van der Waals surface area contributed by atoms with E-state index in [4.69, 9.17) is 5.73 Å². The summed E-state index contributed by atoms with van der Waals surface area (Å²) in [5, 5.41) is 8.02. The van der Waals surface area contributed by atoms with Crippen LogP contribution in [0.25, 0.3) is 16.7 Å². The molecule has 90 valence electrons. The van der Waals surface area contributed by atoms with Crippen LogP contribution in [0.2, 0.25) is 0 Å². The summed E-state index contributed by atoms with van der Waals surface area (Å²) in [5.74, 6) is -0.353. The number of rotatable bonds is 2. The molecule has 0 spiro atoms. The Morgan fingerprint density at radius 1 is 1.11 bits per heavy atom. The number of para-hydroxylation sites is 2. The van der Waals surface area contributed by atoms with E-state index >= 15 is 0 Å². The van der Waals surface area contributed by atoms with Gasteiger partial charge in [-0.1, -0.05) is 29.5 Å². The van der Waals surface area contributed by atoms with Crippen LogP contribution in [0.1, 0.15) is 5.56 Å². The van der Waals surface area contributed by atoms with Crippen LogP contribution < -0.4 is 5.73 Å². The van der Waals surface area contributed by atoms with Crippen LogP contribution in [0.15, 0.2) is 42.5 Å². The first-order chi connectivity index (χ1) is 8.81. The fraction of sp³-hybridized carbons (Fsp3) is 0.0769. The summed E-state index contributed by atoms with van der Waals surface area (Å²) in [6, 6.07) is 12.2. The summed E-state index contributed by atoms with van der Waals surface area (Å²) in [5.41, 5.74) is 8.20. The summed E-state index contributed by atoms with van der Waals surface area (Å²) in [6.07, 6.45) is 0. The molecule has 3 rings (SSSR count). The third kappa shape index (κ3) is 1.56. The first kappa shape index (κ1) is 10.9. The average Bonchev–Trinajstić information content (AvgIpc) is 2.82. The third-order valence-corrected chi connectivity index (χ3v) is 2.85. The van der Waals surface area contributed by atoms with Gasteiger partial charge in [-0.15, -0.1) is 5.10 Å². The first-order valence-electron chi connectivity index (χ1n) is 5.59. The number of nitrogens with zero attached hydrogens (tertiary/aromatic N) is 3. The lowest BCUT2D eigenvalue weighted by Crippen LogP contribution is -2.08. The molecule has 0 unspecified atom stereocenters. The smallest absolute Gasteiger partial charge is 0.149 e. The lowest BCUT2D eigenvalue weighted by Gasteiger charge is -2.09. The molecule has 0 radical (unpaired) electrons. The van der Waals surface area contributed by atoms with Crippen molar-refractivity contribution >= 4 is 11.0 Å². The van der Waals surface area contributed by atoms with Crippen LogP contribution in [-0.4, -0.2) is 15.0 Å². The van der Waals surface area contributed by atoms with Gasteiger partial charge < -0.3 is 5.73 Å². The second kappa shape index (κ2) is 4.19. The van der Waals surface area contributed by atoms with Gasteiger partial charge in [0.1, 0.15) is 17.0 Å². The lowest BCUT2D eigenvalue weighted by molar-refractivity contribution is 0.606. The molecule has 1 aromatic heterocycles. The van der Waals surface area contributed by atoms with Gasteiger partial charge in [0, 0.05) is 6.54 Å². The van der Waals surface area contributed by atoms with Crippen molar-refractivity contribution in [3.8, 4) is 5.69 Å². The maximum atomic E-state index is 14.0. The molecule has 0 amide bonds. The van der Waals surface area contributed by atoms with Crippen molar-refractivity contribution in [2.45, 2.75) is 6.54 Å². The summed E-state index contributed by atoms with van der Waals surface area (Å²) in [7, 11) is 0. The van der Waals surface area contributed by atoms with Crippen molar-refractivity contribution in [2.75, 3.05) is 0 Å². The molecular weight excluding hydrogens is 231 g/mol. The van der Waals surface area contributed by atoms with E-state index in [1.54, 1.807) is 12.1 Å². The number of nitrogens with two attached hydrogens (primary N) is 1. The van der Waals surface area contributed by atoms with Crippen LogP contribution in [0.4, 0.5) is 4.39 Å². The molecule has 1 heterocycles. The van der Waals surface area contributed by atoms with Crippen LogP contribution in [0.3, 0.4) is 0 Å². The molecular formula is C13H11FN4. The molecule has 0 bridgehead atoms. The molecule has 4 nitrogen and oxygen atoms in total. The van der Waals surface area contributed by atoms with Crippen molar-refractivity contribution < 1.29 is 4.39 Å². The fourth-order valence-electron chi connectivity index (χ4n) is 2.00. The van der Waals surface area contributed by atoms with Gasteiger partial charge in [-0.3, -0.25) is 0 Å². The molecule has 0 saturated carbocycles. The minimum atomic E-state index is -0.353. The van der Waals surface area contributed by atoms with Gasteiger partial charge in [-0.25, -0.2) is 9.07 Å². The maximum Gasteiger partial charge on any atom is 0.149 e. The van der Waals surface area contributed by atoms with Crippen LogP contribution in [-0.2, 0) is 6.54 Å². The molecule has 0 aliphatic carbocycles. The number of hydrogen-bond acceptors (Lipinski definition) is 3. The van der Waals surface area contributed by atoms with E-state index in [9.17, 15) is 4.39 Å². The van der Waals surface area contributed by atoms with Crippen molar-refractivity contribution in [1.29, 1.82) is 0 Å². The maximum absolute atomic E-state index is 14.0. The largest absolute Gasteiger partial charge is 0.326 e. The minimum absolute atomic E-state index is 0.251. The summed E-state index contributed by atoms with van der Waals surface area (Å²) in [6.45, 7) is 0.251. The summed E-state index contributed by atoms with van der Waals surface area (Å²) in [4.78, 5) is 0. The van der Waals surface area contributed by atoms with Gasteiger partial charge in [-0.2, -0.15) is 0 Å². The summed E-state index contributed by atoms with van der Waals surface area (Å²) < 4.78 is 15.5. The highest BCUT2D eigenvalue weighted by Crippen LogP contribution is 2.21. The van der Waals surface area contributed by atoms with Crippen LogP contribution in [0.5, 0.6) is 0 Å². The highest BCUT2D eigenvalue weighted by molar-refractivity contribution is 5.76. The zero-order valence-corrected chi connectivity index (χ0v) is 9.55. The van der Waals surface area contributed by atoms with E-state index in [-0.39, 0.29) is 12.4 Å². The van der Waals surface area contributed by atoms with Crippen LogP contribution >= 0.6 is 0 Å². The third-order valence-electron chi connectivity index (χ3n) is 2.85. The molecule has 0 saturated heterocycles. The van der Waals surface area contributed by atoms with E-state index in [2.05, 4.69) is 10.3 Å². The van der Waals surface area contributed by atoms with Gasteiger partial charge >= 0.3 is 0 Å². The highest BCUT2D eigenvalue weighted by atomic mass is 19.1. The predicted molar refractivity (Wildman–Crippen MR) is 66.7 cm³/mol. The van der Waals surface area contributed by atoms with Crippen LogP contribution in [0, 0.1) is 5.82 Å². The molecule has 0 fully saturated rings. The molecule has 2 N–H and O–H groups in total. The van der Waals surface area contributed by atoms with E-state index in [0.717, 1.165) is 11.0 Å². The topological polar surface area (TPSA) is 56.7 Å². The molecule has 18 heavy (non-hydrogen) atoms. The quantitative estimate of drug-likeness (QED) is 0.748. The fourth-order valence-corrected chi connectivity index (χ4v) is 2.00. The Kier molecular flexibility index (Phi) is 2.53. The SMILES string of the molecule is NCc1cccc(F)c1-n1nnc2ccccc21. The highest BCUT2D eigenvalue weighted by Gasteiger charge is 2.13. The number of halogens is 1. The van der Waals surface area contributed by atoms with Gasteiger partial charge in [0.05, 0.1) is 5.52 Å². The molecule has 2 aromatic carbocycles. The standard InChI is InChI=1S/C13H11FN4/c14-10-5-3-4-9(8-15)13(10)18-12-7-2-1-6-11(12)16-17-18/h1-7H,8,15H2. The molecule has 0 aliphatic rings. The van der Waals surface area contributed by atoms with Gasteiger partial charge in [-0.05, 0) is 23.8 Å². The monoisotopic (exact) mass is 242 g/mol. The Labute approximate surface area is 103 Å². The summed E-state index contributed by atoms with van der Waals surface area (Å²) >= 11 is 0. The van der Waals surface area contributed by atoms with Crippen molar-refractivity contribution in [3.63, 3.8) is 0 Å². The second-order valence-electron chi connectivity index (χ2n) is 3.94. The number of fused-ring (bicyclic) bond motifs is 1. The lowest BCUT2D eigenvalue weighted by atomic mass is 10.1. The van der Waals surface area contributed by atoms with Gasteiger partial charge in [0.15, 0.2) is 0 Å².